The molecule has 0 saturated heterocycles. The molecule has 0 saturated carbocycles. The predicted octanol–water partition coefficient (Wildman–Crippen LogP) is 2.58. The molecule has 0 amide bonds. The van der Waals surface area contributed by atoms with Gasteiger partial charge < -0.3 is 14.6 Å². The van der Waals surface area contributed by atoms with Crippen LogP contribution in [0, 0.1) is 0 Å². The molecule has 0 bridgehead atoms. The van der Waals surface area contributed by atoms with E-state index in [1.165, 1.54) is 7.11 Å². The second-order valence-corrected chi connectivity index (χ2v) is 3.57. The highest BCUT2D eigenvalue weighted by Gasteiger charge is 2.11. The third-order valence-electron chi connectivity index (χ3n) is 2.00. The molecule has 0 atom stereocenters. The normalized spacial score (nSPS) is 10.2. The van der Waals surface area contributed by atoms with E-state index in [0.717, 1.165) is 0 Å². The fraction of sp³-hybridized carbons (Fsp3) is 0.455. The number of hydrogen-bond donors (Lipinski definition) is 1. The number of ether oxygens (including phenoxy) is 2. The summed E-state index contributed by atoms with van der Waals surface area (Å²) in [4.78, 5) is 0. The Balaban J connectivity index is 2.88. The molecule has 0 aliphatic rings. The molecule has 0 aliphatic carbocycles. The van der Waals surface area contributed by atoms with Crippen LogP contribution in [0.25, 0.3) is 0 Å². The van der Waals surface area contributed by atoms with Crippen LogP contribution < -0.4 is 9.47 Å². The van der Waals surface area contributed by atoms with Gasteiger partial charge in [-0.25, -0.2) is 0 Å². The van der Waals surface area contributed by atoms with E-state index in [1.807, 2.05) is 0 Å². The first-order valence-electron chi connectivity index (χ1n) is 4.89. The maximum absolute atomic E-state index is 11.9. The summed E-state index contributed by atoms with van der Waals surface area (Å²) >= 11 is 5.96. The molecule has 16 heavy (non-hydrogen) atoms. The lowest BCUT2D eigenvalue weighted by Crippen LogP contribution is -2.01. The van der Waals surface area contributed by atoms with Gasteiger partial charge in [-0.1, -0.05) is 11.6 Å². The molecule has 0 unspecified atom stereocenters. The molecule has 0 heterocycles. The summed E-state index contributed by atoms with van der Waals surface area (Å²) in [6.07, 6.45) is 0.307. The zero-order chi connectivity index (χ0) is 12.0. The first-order chi connectivity index (χ1) is 7.72. The van der Waals surface area contributed by atoms with Crippen molar-refractivity contribution in [2.45, 2.75) is 13.0 Å². The Morgan fingerprint density at radius 3 is 2.75 bits per heavy atom. The first kappa shape index (κ1) is 13.1. The number of methoxy groups -OCH3 is 1. The van der Waals surface area contributed by atoms with Crippen molar-refractivity contribution in [3.8, 4) is 11.5 Å². The van der Waals surface area contributed by atoms with Crippen molar-refractivity contribution in [3.05, 3.63) is 22.7 Å². The van der Waals surface area contributed by atoms with Gasteiger partial charge in [0.25, 0.3) is 0 Å². The molecule has 5 heteroatoms. The van der Waals surface area contributed by atoms with Crippen molar-refractivity contribution in [3.63, 3.8) is 0 Å². The molecule has 1 aromatic carbocycles. The van der Waals surface area contributed by atoms with Gasteiger partial charge in [-0.05, 0) is 17.7 Å². The largest absolute Gasteiger partial charge is 0.493 e. The van der Waals surface area contributed by atoms with Crippen LogP contribution in [-0.4, -0.2) is 25.5 Å². The van der Waals surface area contributed by atoms with Gasteiger partial charge in [0.2, 0.25) is 0 Å². The summed E-state index contributed by atoms with van der Waals surface area (Å²) in [7, 11) is 1.48. The van der Waals surface area contributed by atoms with Crippen LogP contribution in [0.4, 0.5) is 4.39 Å². The number of halogens is 2. The molecule has 0 aromatic heterocycles. The van der Waals surface area contributed by atoms with E-state index >= 15 is 0 Å². The Bertz CT molecular complexity index is 344. The third-order valence-corrected chi connectivity index (χ3v) is 2.28. The summed E-state index contributed by atoms with van der Waals surface area (Å²) in [5.74, 6) is 0.824. The van der Waals surface area contributed by atoms with E-state index < -0.39 is 6.67 Å². The lowest BCUT2D eigenvalue weighted by molar-refractivity contribution is 0.269. The van der Waals surface area contributed by atoms with Crippen LogP contribution in [-0.2, 0) is 6.61 Å². The lowest BCUT2D eigenvalue weighted by Gasteiger charge is -2.13. The minimum absolute atomic E-state index is 0.124. The molecule has 0 fully saturated rings. The minimum Gasteiger partial charge on any atom is -0.493 e. The van der Waals surface area contributed by atoms with Gasteiger partial charge in [-0.2, -0.15) is 0 Å². The van der Waals surface area contributed by atoms with Crippen LogP contribution >= 0.6 is 11.6 Å². The maximum Gasteiger partial charge on any atom is 0.179 e. The smallest absolute Gasteiger partial charge is 0.179 e. The average molecular weight is 249 g/mol. The van der Waals surface area contributed by atoms with Gasteiger partial charge in [0.15, 0.2) is 11.5 Å². The van der Waals surface area contributed by atoms with E-state index in [0.29, 0.717) is 28.5 Å². The standard InChI is InChI=1S/C11H14ClFO3/c1-15-10-6-8(7-14)5-9(12)11(10)16-4-2-3-13/h5-6,14H,2-4,7H2,1H3. The summed E-state index contributed by atoms with van der Waals surface area (Å²) < 4.78 is 22.3. The first-order valence-corrected chi connectivity index (χ1v) is 5.26. The highest BCUT2D eigenvalue weighted by atomic mass is 35.5. The van der Waals surface area contributed by atoms with Gasteiger partial charge in [-0.15, -0.1) is 0 Å². The minimum atomic E-state index is -0.436. The maximum atomic E-state index is 11.9. The van der Waals surface area contributed by atoms with Crippen LogP contribution in [0.1, 0.15) is 12.0 Å². The molecule has 0 radical (unpaired) electrons. The van der Waals surface area contributed by atoms with E-state index in [-0.39, 0.29) is 13.2 Å². The Hall–Kier alpha value is -1.00. The van der Waals surface area contributed by atoms with Crippen LogP contribution in [0.5, 0.6) is 11.5 Å². The number of alkyl halides is 1. The van der Waals surface area contributed by atoms with Gasteiger partial charge >= 0.3 is 0 Å². The van der Waals surface area contributed by atoms with Crippen molar-refractivity contribution in [2.75, 3.05) is 20.4 Å². The molecule has 0 aliphatic heterocycles. The Morgan fingerprint density at radius 2 is 2.19 bits per heavy atom. The number of rotatable bonds is 6. The third kappa shape index (κ3) is 3.25. The van der Waals surface area contributed by atoms with Crippen molar-refractivity contribution < 1.29 is 19.0 Å². The Morgan fingerprint density at radius 1 is 1.44 bits per heavy atom. The van der Waals surface area contributed by atoms with E-state index in [2.05, 4.69) is 0 Å². The van der Waals surface area contributed by atoms with Crippen molar-refractivity contribution in [1.29, 1.82) is 0 Å². The SMILES string of the molecule is COc1cc(CO)cc(Cl)c1OCCCF. The Labute approximate surface area is 98.7 Å². The van der Waals surface area contributed by atoms with Crippen molar-refractivity contribution in [1.82, 2.24) is 0 Å². The second kappa shape index (κ2) is 6.55. The highest BCUT2D eigenvalue weighted by Crippen LogP contribution is 2.36. The Kier molecular flexibility index (Phi) is 5.35. The highest BCUT2D eigenvalue weighted by molar-refractivity contribution is 6.32. The van der Waals surface area contributed by atoms with Gasteiger partial charge in [-0.3, -0.25) is 4.39 Å². The topological polar surface area (TPSA) is 38.7 Å². The van der Waals surface area contributed by atoms with Crippen molar-refractivity contribution >= 4 is 11.6 Å². The molecule has 90 valence electrons. The summed E-state index contributed by atoms with van der Waals surface area (Å²) in [5.41, 5.74) is 0.639. The van der Waals surface area contributed by atoms with E-state index in [1.54, 1.807) is 12.1 Å². The molecule has 3 nitrogen and oxygen atoms in total. The van der Waals surface area contributed by atoms with E-state index in [9.17, 15) is 4.39 Å². The second-order valence-electron chi connectivity index (χ2n) is 3.16. The number of hydrogen-bond acceptors (Lipinski definition) is 3. The molecule has 1 rings (SSSR count). The summed E-state index contributed by atoms with van der Waals surface area (Å²) in [5, 5.41) is 9.33. The number of aliphatic hydroxyl groups excluding tert-OH is 1. The quantitative estimate of drug-likeness (QED) is 0.787. The number of benzene rings is 1. The molecular weight excluding hydrogens is 235 g/mol. The fourth-order valence-corrected chi connectivity index (χ4v) is 1.52. The van der Waals surface area contributed by atoms with Gasteiger partial charge in [0, 0.05) is 6.42 Å². The lowest BCUT2D eigenvalue weighted by atomic mass is 10.2. The van der Waals surface area contributed by atoms with Crippen LogP contribution in [0.15, 0.2) is 12.1 Å². The fourth-order valence-electron chi connectivity index (χ4n) is 1.23. The van der Waals surface area contributed by atoms with Crippen molar-refractivity contribution in [2.24, 2.45) is 0 Å². The zero-order valence-electron chi connectivity index (χ0n) is 9.00. The summed E-state index contributed by atoms with van der Waals surface area (Å²) in [6, 6.07) is 3.23. The van der Waals surface area contributed by atoms with E-state index in [4.69, 9.17) is 26.2 Å². The number of aliphatic hydroxyl groups is 1. The average Bonchev–Trinajstić information content (AvgIpc) is 2.30. The molecule has 1 aromatic rings. The summed E-state index contributed by atoms with van der Waals surface area (Å²) in [6.45, 7) is -0.319. The molecular formula is C11H14ClFO3. The molecule has 0 spiro atoms. The predicted molar refractivity (Wildman–Crippen MR) is 60.0 cm³/mol. The van der Waals surface area contributed by atoms with Gasteiger partial charge in [0.05, 0.1) is 32.0 Å². The van der Waals surface area contributed by atoms with Gasteiger partial charge in [0.1, 0.15) is 0 Å². The zero-order valence-corrected chi connectivity index (χ0v) is 9.76. The van der Waals surface area contributed by atoms with Crippen LogP contribution in [0.2, 0.25) is 5.02 Å². The van der Waals surface area contributed by atoms with Crippen LogP contribution in [0.3, 0.4) is 0 Å². The monoisotopic (exact) mass is 248 g/mol. The molecule has 1 N–H and O–H groups in total.